The summed E-state index contributed by atoms with van der Waals surface area (Å²) in [7, 11) is -3.38. The largest absolute Gasteiger partial charge is 0.508 e. The van der Waals surface area contributed by atoms with E-state index in [-0.39, 0.29) is 11.2 Å². The molecule has 2 atom stereocenters. The maximum Gasteiger partial charge on any atom is 0.159 e. The van der Waals surface area contributed by atoms with Gasteiger partial charge in [0, 0.05) is 23.8 Å². The van der Waals surface area contributed by atoms with Crippen LogP contribution in [0, 0.1) is 5.92 Å². The Hall–Kier alpha value is -1.99. The quantitative estimate of drug-likeness (QED) is 0.866. The van der Waals surface area contributed by atoms with Gasteiger partial charge in [-0.3, -0.25) is 0 Å². The number of hydrogen-bond acceptors (Lipinski definition) is 6. The highest BCUT2D eigenvalue weighted by Crippen LogP contribution is 2.58. The fourth-order valence-corrected chi connectivity index (χ4v) is 4.29. The molecule has 2 heterocycles. The van der Waals surface area contributed by atoms with Crippen LogP contribution in [0.5, 0.6) is 5.75 Å². The topological polar surface area (TPSA) is 89.4 Å². The standard InChI is InChI=1S/C20H24N2O4S/c1-19(2,27(3,24)25)16-10-17(20-7-8-26-12-14(20)11-20)22-18(21-16)13-5-4-6-15(23)9-13/h4-6,9-10,14,23H,7-8,11-12H2,1-3H3/t14-,20+/m1/s1. The summed E-state index contributed by atoms with van der Waals surface area (Å²) >= 11 is 0. The Bertz CT molecular complexity index is 1000. The van der Waals surface area contributed by atoms with E-state index in [0.717, 1.165) is 25.1 Å². The van der Waals surface area contributed by atoms with Gasteiger partial charge >= 0.3 is 0 Å². The summed E-state index contributed by atoms with van der Waals surface area (Å²) in [5.74, 6) is 0.993. The zero-order chi connectivity index (χ0) is 19.4. The maximum absolute atomic E-state index is 12.4. The number of ether oxygens (including phenoxy) is 1. The van der Waals surface area contributed by atoms with E-state index < -0.39 is 14.6 Å². The van der Waals surface area contributed by atoms with Gasteiger partial charge in [0.15, 0.2) is 15.7 Å². The van der Waals surface area contributed by atoms with Crippen LogP contribution in [0.25, 0.3) is 11.4 Å². The number of aromatic nitrogens is 2. The molecule has 1 N–H and O–H groups in total. The monoisotopic (exact) mass is 388 g/mol. The minimum Gasteiger partial charge on any atom is -0.508 e. The molecule has 2 aromatic rings. The highest BCUT2D eigenvalue weighted by atomic mass is 32.2. The molecule has 144 valence electrons. The number of fused-ring (bicyclic) bond motifs is 1. The lowest BCUT2D eigenvalue weighted by Crippen LogP contribution is -2.31. The molecule has 1 aromatic carbocycles. The number of rotatable bonds is 4. The Morgan fingerprint density at radius 2 is 2.04 bits per heavy atom. The molecule has 0 spiro atoms. The summed E-state index contributed by atoms with van der Waals surface area (Å²) in [6.45, 7) is 4.75. The first-order chi connectivity index (χ1) is 12.6. The molecule has 2 fully saturated rings. The Labute approximate surface area is 159 Å². The van der Waals surface area contributed by atoms with Crippen LogP contribution in [0.1, 0.15) is 38.1 Å². The van der Waals surface area contributed by atoms with Crippen LogP contribution in [-0.4, -0.2) is 43.0 Å². The first kappa shape index (κ1) is 18.4. The van der Waals surface area contributed by atoms with Gasteiger partial charge in [0.25, 0.3) is 0 Å². The summed E-state index contributed by atoms with van der Waals surface area (Å²) in [4.78, 5) is 9.40. The molecule has 1 aliphatic carbocycles. The molecular formula is C20H24N2O4S. The van der Waals surface area contributed by atoms with Crippen molar-refractivity contribution in [1.29, 1.82) is 0 Å². The molecule has 4 rings (SSSR count). The predicted molar refractivity (Wildman–Crippen MR) is 102 cm³/mol. The number of phenols is 1. The molecular weight excluding hydrogens is 364 g/mol. The van der Waals surface area contributed by atoms with Gasteiger partial charge in [0.1, 0.15) is 10.5 Å². The Morgan fingerprint density at radius 1 is 1.26 bits per heavy atom. The Kier molecular flexibility index (Phi) is 4.09. The van der Waals surface area contributed by atoms with Crippen molar-refractivity contribution in [2.45, 2.75) is 36.9 Å². The van der Waals surface area contributed by atoms with E-state index in [1.54, 1.807) is 32.0 Å². The summed E-state index contributed by atoms with van der Waals surface area (Å²) < 4.78 is 29.3. The second-order valence-electron chi connectivity index (χ2n) is 8.18. The number of benzene rings is 1. The van der Waals surface area contributed by atoms with E-state index in [2.05, 4.69) is 4.98 Å². The van der Waals surface area contributed by atoms with Gasteiger partial charge < -0.3 is 9.84 Å². The van der Waals surface area contributed by atoms with Crippen LogP contribution in [0.2, 0.25) is 0 Å². The fourth-order valence-electron chi connectivity index (χ4n) is 3.80. The van der Waals surface area contributed by atoms with Crippen molar-refractivity contribution in [1.82, 2.24) is 9.97 Å². The first-order valence-corrected chi connectivity index (χ1v) is 11.0. The second-order valence-corrected chi connectivity index (χ2v) is 10.7. The van der Waals surface area contributed by atoms with E-state index in [1.165, 1.54) is 6.26 Å². The summed E-state index contributed by atoms with van der Waals surface area (Å²) in [5.41, 5.74) is 1.99. The lowest BCUT2D eigenvalue weighted by molar-refractivity contribution is 0.0794. The third kappa shape index (κ3) is 3.02. The molecule has 0 amide bonds. The van der Waals surface area contributed by atoms with Gasteiger partial charge in [0.2, 0.25) is 0 Å². The average molecular weight is 388 g/mol. The number of hydrogen-bond donors (Lipinski definition) is 1. The predicted octanol–water partition coefficient (Wildman–Crippen LogP) is 2.81. The van der Waals surface area contributed by atoms with Crippen LogP contribution >= 0.6 is 0 Å². The van der Waals surface area contributed by atoms with Crippen LogP contribution in [0.15, 0.2) is 30.3 Å². The number of aromatic hydroxyl groups is 1. The molecule has 1 aliphatic heterocycles. The minimum absolute atomic E-state index is 0.0465. The van der Waals surface area contributed by atoms with Crippen molar-refractivity contribution in [2.75, 3.05) is 19.5 Å². The van der Waals surface area contributed by atoms with Crippen molar-refractivity contribution in [3.8, 4) is 17.1 Å². The van der Waals surface area contributed by atoms with Crippen molar-refractivity contribution >= 4 is 9.84 Å². The highest BCUT2D eigenvalue weighted by Gasteiger charge is 2.58. The molecule has 0 radical (unpaired) electrons. The van der Waals surface area contributed by atoms with Crippen LogP contribution < -0.4 is 0 Å². The molecule has 0 unspecified atom stereocenters. The average Bonchev–Trinajstić information content (AvgIpc) is 3.36. The van der Waals surface area contributed by atoms with Gasteiger partial charge in [-0.2, -0.15) is 0 Å². The molecule has 1 saturated carbocycles. The van der Waals surface area contributed by atoms with Crippen LogP contribution in [0.3, 0.4) is 0 Å². The molecule has 27 heavy (non-hydrogen) atoms. The summed E-state index contributed by atoms with van der Waals surface area (Å²) in [6, 6.07) is 8.60. The van der Waals surface area contributed by atoms with Crippen molar-refractivity contribution in [3.05, 3.63) is 41.7 Å². The third-order valence-electron chi connectivity index (χ3n) is 6.13. The van der Waals surface area contributed by atoms with E-state index in [4.69, 9.17) is 9.72 Å². The SMILES string of the molecule is CC(C)(c1cc([C@]23CCOC[C@H]2C3)nc(-c2cccc(O)c2)n1)S(C)(=O)=O. The summed E-state index contributed by atoms with van der Waals surface area (Å²) in [6.07, 6.45) is 3.12. The van der Waals surface area contributed by atoms with E-state index in [0.29, 0.717) is 29.6 Å². The van der Waals surface area contributed by atoms with Crippen molar-refractivity contribution in [3.63, 3.8) is 0 Å². The smallest absolute Gasteiger partial charge is 0.159 e. The maximum atomic E-state index is 12.4. The number of nitrogens with zero attached hydrogens (tertiary/aromatic N) is 2. The lowest BCUT2D eigenvalue weighted by Gasteiger charge is -2.26. The van der Waals surface area contributed by atoms with Gasteiger partial charge in [-0.25, -0.2) is 18.4 Å². The molecule has 1 saturated heterocycles. The van der Waals surface area contributed by atoms with Gasteiger partial charge in [0.05, 0.1) is 18.0 Å². The molecule has 0 bridgehead atoms. The third-order valence-corrected chi connectivity index (χ3v) is 8.19. The molecule has 2 aliphatic rings. The van der Waals surface area contributed by atoms with E-state index in [9.17, 15) is 13.5 Å². The Morgan fingerprint density at radius 3 is 2.70 bits per heavy atom. The van der Waals surface area contributed by atoms with Gasteiger partial charge in [-0.1, -0.05) is 12.1 Å². The second kappa shape index (κ2) is 6.01. The number of phenolic OH excluding ortho intramolecular Hbond substituents is 1. The van der Waals surface area contributed by atoms with E-state index in [1.807, 2.05) is 12.1 Å². The van der Waals surface area contributed by atoms with Gasteiger partial charge in [-0.15, -0.1) is 0 Å². The lowest BCUT2D eigenvalue weighted by atomic mass is 9.92. The normalized spacial score (nSPS) is 25.1. The van der Waals surface area contributed by atoms with Crippen molar-refractivity contribution < 1.29 is 18.3 Å². The molecule has 7 heteroatoms. The molecule has 1 aromatic heterocycles. The van der Waals surface area contributed by atoms with Crippen LogP contribution in [0.4, 0.5) is 0 Å². The first-order valence-electron chi connectivity index (χ1n) is 9.10. The number of sulfone groups is 1. The fraction of sp³-hybridized carbons (Fsp3) is 0.500. The zero-order valence-corrected chi connectivity index (χ0v) is 16.6. The minimum atomic E-state index is -3.38. The molecule has 6 nitrogen and oxygen atoms in total. The van der Waals surface area contributed by atoms with Gasteiger partial charge in [-0.05, 0) is 50.8 Å². The van der Waals surface area contributed by atoms with Crippen LogP contribution in [-0.2, 0) is 24.7 Å². The Balaban J connectivity index is 1.90. The van der Waals surface area contributed by atoms with Crippen molar-refractivity contribution in [2.24, 2.45) is 5.92 Å². The summed E-state index contributed by atoms with van der Waals surface area (Å²) in [5, 5.41) is 9.84. The highest BCUT2D eigenvalue weighted by molar-refractivity contribution is 7.91. The zero-order valence-electron chi connectivity index (χ0n) is 15.8. The van der Waals surface area contributed by atoms with E-state index >= 15 is 0 Å².